The van der Waals surface area contributed by atoms with E-state index >= 15 is 0 Å². The third kappa shape index (κ3) is 7.52. The first-order chi connectivity index (χ1) is 11.7. The minimum absolute atomic E-state index is 0.000194. The number of halogens is 1. The van der Waals surface area contributed by atoms with E-state index in [9.17, 15) is 4.79 Å². The summed E-state index contributed by atoms with van der Waals surface area (Å²) in [5.41, 5.74) is 2.22. The van der Waals surface area contributed by atoms with Crippen LogP contribution in [0.1, 0.15) is 85.1 Å². The van der Waals surface area contributed by atoms with Crippen molar-refractivity contribution in [2.24, 2.45) is 5.41 Å². The van der Waals surface area contributed by atoms with Gasteiger partial charge in [0.2, 0.25) is 5.91 Å². The highest BCUT2D eigenvalue weighted by molar-refractivity contribution is 9.10. The van der Waals surface area contributed by atoms with Crippen molar-refractivity contribution in [1.29, 1.82) is 0 Å². The van der Waals surface area contributed by atoms with Gasteiger partial charge in [0.15, 0.2) is 0 Å². The van der Waals surface area contributed by atoms with Gasteiger partial charge < -0.3 is 4.90 Å². The molecule has 142 valence electrons. The molecule has 1 aromatic rings. The number of carbonyl (C=O) groups is 1. The number of anilines is 1. The zero-order valence-electron chi connectivity index (χ0n) is 17.0. The van der Waals surface area contributed by atoms with Crippen molar-refractivity contribution in [3.8, 4) is 0 Å². The number of nitrogens with zero attached hydrogens (tertiary/aromatic N) is 1. The maximum Gasteiger partial charge on any atom is 0.227 e. The van der Waals surface area contributed by atoms with Crippen LogP contribution in [0.4, 0.5) is 5.69 Å². The molecule has 0 atom stereocenters. The lowest BCUT2D eigenvalue weighted by molar-refractivity contribution is -0.120. The Morgan fingerprint density at radius 1 is 1.12 bits per heavy atom. The molecule has 0 spiro atoms. The molecule has 0 aliphatic heterocycles. The molecule has 0 aliphatic carbocycles. The molecular formula is C22H36BrNO. The Hall–Kier alpha value is -0.830. The van der Waals surface area contributed by atoms with Gasteiger partial charge in [0.1, 0.15) is 0 Å². The van der Waals surface area contributed by atoms with Crippen LogP contribution in [0.5, 0.6) is 0 Å². The Labute approximate surface area is 163 Å². The summed E-state index contributed by atoms with van der Waals surface area (Å²) in [6, 6.07) is 6.60. The Kier molecular flexibility index (Phi) is 9.20. The van der Waals surface area contributed by atoms with Crippen LogP contribution in [0, 0.1) is 12.3 Å². The molecule has 0 N–H and O–H groups in total. The first-order valence-electron chi connectivity index (χ1n) is 9.77. The van der Waals surface area contributed by atoms with Crippen LogP contribution < -0.4 is 4.90 Å². The van der Waals surface area contributed by atoms with Crippen LogP contribution in [0.15, 0.2) is 22.7 Å². The number of carbonyl (C=O) groups excluding carboxylic acids is 1. The first kappa shape index (κ1) is 22.2. The Morgan fingerprint density at radius 3 is 2.12 bits per heavy atom. The molecule has 2 nitrogen and oxygen atoms in total. The average Bonchev–Trinajstić information content (AvgIpc) is 2.51. The van der Waals surface area contributed by atoms with Gasteiger partial charge in [-0.1, -0.05) is 76.2 Å². The van der Waals surface area contributed by atoms with Gasteiger partial charge in [-0.15, -0.1) is 0 Å². The maximum atomic E-state index is 13.2. The number of hydrogen-bond acceptors (Lipinski definition) is 1. The Morgan fingerprint density at radius 2 is 1.68 bits per heavy atom. The molecule has 0 bridgehead atoms. The fourth-order valence-electron chi connectivity index (χ4n) is 3.16. The quantitative estimate of drug-likeness (QED) is 0.419. The molecule has 0 saturated heterocycles. The van der Waals surface area contributed by atoms with Crippen LogP contribution in [0.25, 0.3) is 0 Å². The predicted octanol–water partition coefficient (Wildman–Crippen LogP) is 7.28. The Balaban J connectivity index is 3.21. The van der Waals surface area contributed by atoms with Crippen LogP contribution >= 0.6 is 15.9 Å². The molecule has 1 rings (SSSR count). The Bertz CT molecular complexity index is 539. The average molecular weight is 410 g/mol. The molecule has 0 radical (unpaired) electrons. The van der Waals surface area contributed by atoms with E-state index in [4.69, 9.17) is 0 Å². The van der Waals surface area contributed by atoms with Crippen molar-refractivity contribution in [2.75, 3.05) is 4.90 Å². The van der Waals surface area contributed by atoms with Crippen molar-refractivity contribution in [1.82, 2.24) is 0 Å². The number of hydrogen-bond donors (Lipinski definition) is 0. The lowest BCUT2D eigenvalue weighted by atomic mass is 9.90. The fourth-order valence-corrected chi connectivity index (χ4v) is 3.40. The van der Waals surface area contributed by atoms with E-state index < -0.39 is 0 Å². The summed E-state index contributed by atoms with van der Waals surface area (Å²) in [5.74, 6) is 0.256. The van der Waals surface area contributed by atoms with Gasteiger partial charge in [-0.25, -0.2) is 0 Å². The SMILES string of the molecule is CCCCC(CCCC)N(C(=O)CC(C)(C)C)c1ccc(Br)c(C)c1. The molecule has 0 heterocycles. The van der Waals surface area contributed by atoms with E-state index in [1.54, 1.807) is 0 Å². The van der Waals surface area contributed by atoms with Gasteiger partial charge in [0.25, 0.3) is 0 Å². The first-order valence-corrected chi connectivity index (χ1v) is 10.6. The molecule has 0 saturated carbocycles. The minimum atomic E-state index is -0.000194. The number of amides is 1. The number of aryl methyl sites for hydroxylation is 1. The van der Waals surface area contributed by atoms with Gasteiger partial charge in [0, 0.05) is 22.6 Å². The number of unbranched alkanes of at least 4 members (excludes halogenated alkanes) is 2. The van der Waals surface area contributed by atoms with E-state index in [2.05, 4.69) is 80.6 Å². The monoisotopic (exact) mass is 409 g/mol. The standard InChI is InChI=1S/C22H36BrNO/c1-7-9-11-18(12-10-8-2)24(21(25)16-22(4,5)6)19-13-14-20(23)17(3)15-19/h13-15,18H,7-12,16H2,1-6H3. The molecular weight excluding hydrogens is 374 g/mol. The van der Waals surface area contributed by atoms with E-state index in [0.717, 1.165) is 23.0 Å². The summed E-state index contributed by atoms with van der Waals surface area (Å²) in [7, 11) is 0. The molecule has 0 unspecified atom stereocenters. The van der Waals surface area contributed by atoms with Crippen molar-refractivity contribution in [3.05, 3.63) is 28.2 Å². The maximum absolute atomic E-state index is 13.2. The molecule has 1 aromatic carbocycles. The van der Waals surface area contributed by atoms with Crippen molar-refractivity contribution in [2.45, 2.75) is 92.5 Å². The third-order valence-corrected chi connectivity index (χ3v) is 5.41. The van der Waals surface area contributed by atoms with Gasteiger partial charge in [0.05, 0.1) is 0 Å². The zero-order chi connectivity index (χ0) is 19.0. The normalized spacial score (nSPS) is 11.8. The number of benzene rings is 1. The molecule has 3 heteroatoms. The molecule has 0 fully saturated rings. The third-order valence-electron chi connectivity index (χ3n) is 4.52. The van der Waals surface area contributed by atoms with Crippen molar-refractivity contribution >= 4 is 27.5 Å². The minimum Gasteiger partial charge on any atom is -0.309 e. The summed E-state index contributed by atoms with van der Waals surface area (Å²) < 4.78 is 1.10. The van der Waals surface area contributed by atoms with Crippen molar-refractivity contribution < 1.29 is 4.79 Å². The summed E-state index contributed by atoms with van der Waals surface area (Å²) in [6.07, 6.45) is 7.43. The zero-order valence-corrected chi connectivity index (χ0v) is 18.6. The van der Waals surface area contributed by atoms with Crippen LogP contribution in [0.3, 0.4) is 0 Å². The summed E-state index contributed by atoms with van der Waals surface area (Å²) in [4.78, 5) is 15.3. The van der Waals surface area contributed by atoms with E-state index in [1.807, 2.05) is 0 Å². The molecule has 25 heavy (non-hydrogen) atoms. The van der Waals surface area contributed by atoms with Gasteiger partial charge >= 0.3 is 0 Å². The second-order valence-corrected chi connectivity index (χ2v) is 9.23. The number of rotatable bonds is 9. The lowest BCUT2D eigenvalue weighted by Gasteiger charge is -2.34. The topological polar surface area (TPSA) is 20.3 Å². The second-order valence-electron chi connectivity index (χ2n) is 8.37. The predicted molar refractivity (Wildman–Crippen MR) is 113 cm³/mol. The largest absolute Gasteiger partial charge is 0.309 e. The van der Waals surface area contributed by atoms with E-state index in [-0.39, 0.29) is 11.3 Å². The molecule has 1 amide bonds. The van der Waals surface area contributed by atoms with Gasteiger partial charge in [-0.05, 0) is 48.9 Å². The summed E-state index contributed by atoms with van der Waals surface area (Å²) >= 11 is 3.58. The van der Waals surface area contributed by atoms with Gasteiger partial charge in [-0.2, -0.15) is 0 Å². The van der Waals surface area contributed by atoms with E-state index in [0.29, 0.717) is 12.5 Å². The van der Waals surface area contributed by atoms with Gasteiger partial charge in [-0.3, -0.25) is 4.79 Å². The summed E-state index contributed by atoms with van der Waals surface area (Å²) in [6.45, 7) is 13.0. The molecule has 0 aromatic heterocycles. The smallest absolute Gasteiger partial charge is 0.227 e. The highest BCUT2D eigenvalue weighted by Gasteiger charge is 2.28. The lowest BCUT2D eigenvalue weighted by Crippen LogP contribution is -2.42. The van der Waals surface area contributed by atoms with Crippen LogP contribution in [0.2, 0.25) is 0 Å². The highest BCUT2D eigenvalue weighted by Crippen LogP contribution is 2.30. The van der Waals surface area contributed by atoms with Crippen molar-refractivity contribution in [3.63, 3.8) is 0 Å². The van der Waals surface area contributed by atoms with Crippen LogP contribution in [-0.2, 0) is 4.79 Å². The second kappa shape index (κ2) is 10.4. The highest BCUT2D eigenvalue weighted by atomic mass is 79.9. The van der Waals surface area contributed by atoms with Crippen LogP contribution in [-0.4, -0.2) is 11.9 Å². The summed E-state index contributed by atoms with van der Waals surface area (Å²) in [5, 5.41) is 0. The van der Waals surface area contributed by atoms with E-state index in [1.165, 1.54) is 31.2 Å². The fraction of sp³-hybridized carbons (Fsp3) is 0.682. The molecule has 0 aliphatic rings.